The van der Waals surface area contributed by atoms with Gasteiger partial charge in [0, 0.05) is 23.9 Å². The van der Waals surface area contributed by atoms with Crippen LogP contribution in [0.1, 0.15) is 21.8 Å². The minimum atomic E-state index is -0.734. The van der Waals surface area contributed by atoms with Crippen molar-refractivity contribution in [1.29, 1.82) is 0 Å². The summed E-state index contributed by atoms with van der Waals surface area (Å²) in [6.45, 7) is 0.0998. The molecule has 0 spiro atoms. The van der Waals surface area contributed by atoms with E-state index in [4.69, 9.17) is 4.74 Å². The van der Waals surface area contributed by atoms with Gasteiger partial charge in [0.15, 0.2) is 5.75 Å². The molecule has 25 heavy (non-hydrogen) atoms. The normalized spacial score (nSPS) is 15.6. The molecule has 2 aromatic rings. The summed E-state index contributed by atoms with van der Waals surface area (Å²) in [6.07, 6.45) is 0. The van der Waals surface area contributed by atoms with Crippen LogP contribution in [0.5, 0.6) is 5.75 Å². The highest BCUT2D eigenvalue weighted by atomic mass is 16.6. The number of hydrogen-bond donors (Lipinski definition) is 1. The van der Waals surface area contributed by atoms with Gasteiger partial charge >= 0.3 is 11.7 Å². The highest BCUT2D eigenvalue weighted by Gasteiger charge is 2.37. The lowest BCUT2D eigenvalue weighted by Gasteiger charge is -2.17. The standard InChI is InChI=1S/C17H14N2O6/c1-25-17(22)12-9-18(13-5-3-2-4-11(12)13)16(21)10-6-7-14(19(23)24)15(20)8-10/h2-8,12,20H,9H2,1H3. The Morgan fingerprint density at radius 2 is 2.00 bits per heavy atom. The number of methoxy groups -OCH3 is 1. The molecule has 1 aliphatic rings. The number of carbonyl (C=O) groups is 2. The smallest absolute Gasteiger partial charge is 0.315 e. The first-order valence-electron chi connectivity index (χ1n) is 7.40. The quantitative estimate of drug-likeness (QED) is 0.520. The molecule has 1 heterocycles. The van der Waals surface area contributed by atoms with E-state index in [1.54, 1.807) is 24.3 Å². The molecule has 1 N–H and O–H groups in total. The minimum Gasteiger partial charge on any atom is -0.502 e. The fourth-order valence-corrected chi connectivity index (χ4v) is 2.91. The number of nitro groups is 1. The van der Waals surface area contributed by atoms with Gasteiger partial charge in [-0.2, -0.15) is 0 Å². The third kappa shape index (κ3) is 2.78. The molecule has 0 saturated heterocycles. The highest BCUT2D eigenvalue weighted by molar-refractivity contribution is 6.09. The Bertz CT molecular complexity index is 879. The van der Waals surface area contributed by atoms with Crippen molar-refractivity contribution >= 4 is 23.3 Å². The first-order chi connectivity index (χ1) is 11.9. The summed E-state index contributed by atoms with van der Waals surface area (Å²) < 4.78 is 4.79. The number of para-hydroxylation sites is 1. The summed E-state index contributed by atoms with van der Waals surface area (Å²) in [6, 6.07) is 10.4. The number of esters is 1. The Morgan fingerprint density at radius 3 is 2.64 bits per heavy atom. The Hall–Kier alpha value is -3.42. The van der Waals surface area contributed by atoms with Crippen LogP contribution in [-0.4, -0.2) is 35.6 Å². The predicted molar refractivity (Wildman–Crippen MR) is 87.6 cm³/mol. The van der Waals surface area contributed by atoms with E-state index in [1.807, 2.05) is 0 Å². The Balaban J connectivity index is 1.97. The summed E-state index contributed by atoms with van der Waals surface area (Å²) in [7, 11) is 1.28. The van der Waals surface area contributed by atoms with Crippen LogP contribution in [-0.2, 0) is 9.53 Å². The number of anilines is 1. The number of aromatic hydroxyl groups is 1. The second-order valence-corrected chi connectivity index (χ2v) is 5.51. The molecule has 3 rings (SSSR count). The maximum Gasteiger partial charge on any atom is 0.315 e. The lowest BCUT2D eigenvalue weighted by atomic mass is 10.0. The zero-order valence-corrected chi connectivity index (χ0v) is 13.2. The number of nitrogens with zero attached hydrogens (tertiary/aromatic N) is 2. The number of benzene rings is 2. The van der Waals surface area contributed by atoms with Gasteiger partial charge in [0.05, 0.1) is 12.0 Å². The maximum absolute atomic E-state index is 12.8. The average Bonchev–Trinajstić information content (AvgIpc) is 2.99. The van der Waals surface area contributed by atoms with E-state index in [0.29, 0.717) is 11.3 Å². The van der Waals surface area contributed by atoms with Gasteiger partial charge in [-0.15, -0.1) is 0 Å². The number of fused-ring (bicyclic) bond motifs is 1. The number of rotatable bonds is 3. The van der Waals surface area contributed by atoms with Crippen molar-refractivity contribution in [2.45, 2.75) is 5.92 Å². The van der Waals surface area contributed by atoms with Crippen molar-refractivity contribution in [3.63, 3.8) is 0 Å². The van der Waals surface area contributed by atoms with Crippen LogP contribution < -0.4 is 4.90 Å². The van der Waals surface area contributed by atoms with E-state index in [1.165, 1.54) is 18.1 Å². The van der Waals surface area contributed by atoms with Crippen molar-refractivity contribution in [2.75, 3.05) is 18.6 Å². The Morgan fingerprint density at radius 1 is 1.28 bits per heavy atom. The molecule has 0 aromatic heterocycles. The van der Waals surface area contributed by atoms with E-state index in [-0.39, 0.29) is 12.1 Å². The lowest BCUT2D eigenvalue weighted by Crippen LogP contribution is -2.31. The van der Waals surface area contributed by atoms with Crippen molar-refractivity contribution in [2.24, 2.45) is 0 Å². The molecular formula is C17H14N2O6. The number of phenolic OH excluding ortho intramolecular Hbond substituents is 1. The van der Waals surface area contributed by atoms with Crippen molar-refractivity contribution in [1.82, 2.24) is 0 Å². The third-order valence-corrected chi connectivity index (χ3v) is 4.12. The largest absolute Gasteiger partial charge is 0.502 e. The molecule has 8 heteroatoms. The van der Waals surface area contributed by atoms with Crippen LogP contribution in [0.25, 0.3) is 0 Å². The second kappa shape index (κ2) is 6.23. The van der Waals surface area contributed by atoms with E-state index >= 15 is 0 Å². The number of nitro benzene ring substituents is 1. The van der Waals surface area contributed by atoms with Gasteiger partial charge in [-0.1, -0.05) is 18.2 Å². The molecule has 0 aliphatic carbocycles. The van der Waals surface area contributed by atoms with E-state index in [9.17, 15) is 24.8 Å². The van der Waals surface area contributed by atoms with Gasteiger partial charge in [-0.25, -0.2) is 0 Å². The van der Waals surface area contributed by atoms with Crippen LogP contribution >= 0.6 is 0 Å². The summed E-state index contributed by atoms with van der Waals surface area (Å²) in [5.74, 6) is -2.11. The lowest BCUT2D eigenvalue weighted by molar-refractivity contribution is -0.385. The van der Waals surface area contributed by atoms with Crippen LogP contribution in [0.3, 0.4) is 0 Å². The molecule has 0 bridgehead atoms. The fraction of sp³-hybridized carbons (Fsp3) is 0.176. The third-order valence-electron chi connectivity index (χ3n) is 4.12. The summed E-state index contributed by atoms with van der Waals surface area (Å²) >= 11 is 0. The van der Waals surface area contributed by atoms with Gasteiger partial charge in [-0.3, -0.25) is 19.7 Å². The average molecular weight is 342 g/mol. The van der Waals surface area contributed by atoms with Crippen LogP contribution in [0, 0.1) is 10.1 Å². The van der Waals surface area contributed by atoms with Gasteiger partial charge in [0.2, 0.25) is 0 Å². The second-order valence-electron chi connectivity index (χ2n) is 5.51. The molecule has 1 unspecified atom stereocenters. The van der Waals surface area contributed by atoms with E-state index in [2.05, 4.69) is 0 Å². The van der Waals surface area contributed by atoms with Crippen molar-refractivity contribution < 1.29 is 24.4 Å². The van der Waals surface area contributed by atoms with Crippen LogP contribution in [0.2, 0.25) is 0 Å². The molecule has 1 amide bonds. The Kier molecular flexibility index (Phi) is 4.10. The molecule has 0 saturated carbocycles. The van der Waals surface area contributed by atoms with Gasteiger partial charge in [-0.05, 0) is 23.8 Å². The number of phenols is 1. The van der Waals surface area contributed by atoms with Crippen molar-refractivity contribution in [3.8, 4) is 5.75 Å². The van der Waals surface area contributed by atoms with Gasteiger partial charge in [0.25, 0.3) is 5.91 Å². The molecule has 128 valence electrons. The number of ether oxygens (including phenoxy) is 1. The first-order valence-corrected chi connectivity index (χ1v) is 7.40. The molecule has 0 fully saturated rings. The molecule has 1 atom stereocenters. The molecular weight excluding hydrogens is 328 g/mol. The van der Waals surface area contributed by atoms with Crippen LogP contribution in [0.4, 0.5) is 11.4 Å². The minimum absolute atomic E-state index is 0.0865. The van der Waals surface area contributed by atoms with Crippen molar-refractivity contribution in [3.05, 3.63) is 63.7 Å². The Labute approximate surface area is 142 Å². The summed E-state index contributed by atoms with van der Waals surface area (Å²) in [5.41, 5.74) is 0.851. The molecule has 0 radical (unpaired) electrons. The fourth-order valence-electron chi connectivity index (χ4n) is 2.91. The van der Waals surface area contributed by atoms with E-state index in [0.717, 1.165) is 12.1 Å². The first kappa shape index (κ1) is 16.4. The number of amides is 1. The predicted octanol–water partition coefficient (Wildman–Crippen LogP) is 2.22. The highest BCUT2D eigenvalue weighted by Crippen LogP contribution is 2.38. The monoisotopic (exact) mass is 342 g/mol. The zero-order chi connectivity index (χ0) is 18.1. The summed E-state index contributed by atoms with van der Waals surface area (Å²) in [4.78, 5) is 36.2. The van der Waals surface area contributed by atoms with Gasteiger partial charge < -0.3 is 14.7 Å². The molecule has 2 aromatic carbocycles. The topological polar surface area (TPSA) is 110 Å². The summed E-state index contributed by atoms with van der Waals surface area (Å²) in [5, 5.41) is 20.5. The molecule has 8 nitrogen and oxygen atoms in total. The molecule has 1 aliphatic heterocycles. The SMILES string of the molecule is COC(=O)C1CN(C(=O)c2ccc([N+](=O)[O-])c(O)c2)c2ccccc21. The number of hydrogen-bond acceptors (Lipinski definition) is 6. The van der Waals surface area contributed by atoms with Crippen LogP contribution in [0.15, 0.2) is 42.5 Å². The zero-order valence-electron chi connectivity index (χ0n) is 13.2. The van der Waals surface area contributed by atoms with E-state index < -0.39 is 34.2 Å². The maximum atomic E-state index is 12.8. The number of carbonyl (C=O) groups excluding carboxylic acids is 2. The van der Waals surface area contributed by atoms with Gasteiger partial charge in [0.1, 0.15) is 5.92 Å².